The second-order valence-electron chi connectivity index (χ2n) is 7.86. The molecular formula is C21H25N7O. The molecule has 1 saturated heterocycles. The molecule has 1 aromatic carbocycles. The molecule has 150 valence electrons. The van der Waals surface area contributed by atoms with E-state index in [4.69, 9.17) is 0 Å². The van der Waals surface area contributed by atoms with Gasteiger partial charge in [-0.15, -0.1) is 5.10 Å². The van der Waals surface area contributed by atoms with E-state index >= 15 is 0 Å². The summed E-state index contributed by atoms with van der Waals surface area (Å²) in [4.78, 5) is 19.6. The number of hydrogen-bond acceptors (Lipinski definition) is 5. The summed E-state index contributed by atoms with van der Waals surface area (Å²) >= 11 is 0. The summed E-state index contributed by atoms with van der Waals surface area (Å²) in [6.45, 7) is 3.98. The topological polar surface area (TPSA) is 91.7 Å². The summed E-state index contributed by atoms with van der Waals surface area (Å²) in [5, 5.41) is 14.6. The van der Waals surface area contributed by atoms with E-state index in [2.05, 4.69) is 49.6 Å². The van der Waals surface area contributed by atoms with E-state index < -0.39 is 0 Å². The number of aromatic amines is 1. The van der Waals surface area contributed by atoms with Gasteiger partial charge >= 0.3 is 0 Å². The quantitative estimate of drug-likeness (QED) is 0.713. The largest absolute Gasteiger partial charge is 0.340 e. The zero-order chi connectivity index (χ0) is 19.8. The highest BCUT2D eigenvalue weighted by Crippen LogP contribution is 2.28. The molecule has 1 aliphatic carbocycles. The van der Waals surface area contributed by atoms with E-state index in [0.717, 1.165) is 62.1 Å². The number of anilines is 2. The van der Waals surface area contributed by atoms with E-state index in [1.165, 1.54) is 12.0 Å². The van der Waals surface area contributed by atoms with Crippen molar-refractivity contribution in [2.24, 2.45) is 0 Å². The van der Waals surface area contributed by atoms with E-state index in [0.29, 0.717) is 17.6 Å². The van der Waals surface area contributed by atoms with Gasteiger partial charge in [-0.3, -0.25) is 10.1 Å². The number of benzene rings is 1. The number of H-pyrrole nitrogens is 1. The summed E-state index contributed by atoms with van der Waals surface area (Å²) in [7, 11) is 0. The Kier molecular flexibility index (Phi) is 4.54. The Morgan fingerprint density at radius 1 is 1.07 bits per heavy atom. The van der Waals surface area contributed by atoms with Gasteiger partial charge in [-0.25, -0.2) is 9.78 Å². The zero-order valence-electron chi connectivity index (χ0n) is 16.6. The molecular weight excluding hydrogens is 366 g/mol. The average molecular weight is 391 g/mol. The molecule has 0 spiro atoms. The maximum Gasteiger partial charge on any atom is 0.278 e. The second kappa shape index (κ2) is 7.35. The summed E-state index contributed by atoms with van der Waals surface area (Å²) in [5.74, 6) is 0.776. The van der Waals surface area contributed by atoms with E-state index in [1.807, 2.05) is 16.8 Å². The van der Waals surface area contributed by atoms with Crippen molar-refractivity contribution in [2.45, 2.75) is 45.4 Å². The highest BCUT2D eigenvalue weighted by Gasteiger charge is 2.27. The van der Waals surface area contributed by atoms with Gasteiger partial charge in [0.2, 0.25) is 11.9 Å². The second-order valence-corrected chi connectivity index (χ2v) is 7.86. The molecule has 29 heavy (non-hydrogen) atoms. The molecule has 2 aromatic heterocycles. The normalized spacial score (nSPS) is 16.1. The number of nitrogens with zero attached hydrogens (tertiary/aromatic N) is 5. The number of piperidine rings is 1. The standard InChI is InChI=1S/C21H25N7O/c1-14-8-10-15(11-9-14)28-17-7-5-6-16(17)18(26-28)19(29)22-20-23-21(25-24-20)27-12-3-2-4-13-27/h8-11H,2-7,12-13H2,1H3,(H2,22,23,24,25,29). The first-order valence-corrected chi connectivity index (χ1v) is 10.4. The monoisotopic (exact) mass is 391 g/mol. The lowest BCUT2D eigenvalue weighted by molar-refractivity contribution is 0.102. The molecule has 8 heteroatoms. The first-order valence-electron chi connectivity index (χ1n) is 10.4. The highest BCUT2D eigenvalue weighted by molar-refractivity contribution is 6.03. The van der Waals surface area contributed by atoms with Crippen LogP contribution in [-0.2, 0) is 12.8 Å². The summed E-state index contributed by atoms with van der Waals surface area (Å²) in [6, 6.07) is 8.22. The zero-order valence-corrected chi connectivity index (χ0v) is 16.6. The van der Waals surface area contributed by atoms with Gasteiger partial charge in [-0.05, 0) is 57.6 Å². The number of carbonyl (C=O) groups is 1. The molecule has 1 amide bonds. The maximum atomic E-state index is 13.0. The van der Waals surface area contributed by atoms with Crippen LogP contribution < -0.4 is 10.2 Å². The van der Waals surface area contributed by atoms with Crippen molar-refractivity contribution in [3.63, 3.8) is 0 Å². The van der Waals surface area contributed by atoms with Crippen molar-refractivity contribution in [1.82, 2.24) is 25.0 Å². The fourth-order valence-electron chi connectivity index (χ4n) is 4.23. The molecule has 2 aliphatic rings. The van der Waals surface area contributed by atoms with Crippen LogP contribution in [-0.4, -0.2) is 44.0 Å². The third-order valence-corrected chi connectivity index (χ3v) is 5.77. The average Bonchev–Trinajstić information content (AvgIpc) is 3.46. The summed E-state index contributed by atoms with van der Waals surface area (Å²) in [6.07, 6.45) is 6.40. The third-order valence-electron chi connectivity index (χ3n) is 5.77. The van der Waals surface area contributed by atoms with E-state index in [9.17, 15) is 4.79 Å². The van der Waals surface area contributed by atoms with Crippen LogP contribution in [0.3, 0.4) is 0 Å². The maximum absolute atomic E-state index is 13.0. The van der Waals surface area contributed by atoms with Gasteiger partial charge in [-0.2, -0.15) is 10.1 Å². The van der Waals surface area contributed by atoms with Crippen LogP contribution in [0.2, 0.25) is 0 Å². The summed E-state index contributed by atoms with van der Waals surface area (Å²) < 4.78 is 1.91. The van der Waals surface area contributed by atoms with E-state index in [1.54, 1.807) is 0 Å². The van der Waals surface area contributed by atoms with E-state index in [-0.39, 0.29) is 5.91 Å². The lowest BCUT2D eigenvalue weighted by Gasteiger charge is -2.24. The van der Waals surface area contributed by atoms with Crippen LogP contribution in [0.15, 0.2) is 24.3 Å². The van der Waals surface area contributed by atoms with Crippen LogP contribution in [0.5, 0.6) is 0 Å². The van der Waals surface area contributed by atoms with Gasteiger partial charge in [0.15, 0.2) is 5.69 Å². The van der Waals surface area contributed by atoms with Crippen LogP contribution in [0.1, 0.15) is 53.0 Å². The predicted octanol–water partition coefficient (Wildman–Crippen LogP) is 3.03. The molecule has 2 N–H and O–H groups in total. The minimum atomic E-state index is -0.240. The number of fused-ring (bicyclic) bond motifs is 1. The van der Waals surface area contributed by atoms with Crippen molar-refractivity contribution in [3.05, 3.63) is 46.8 Å². The number of rotatable bonds is 4. The number of aryl methyl sites for hydroxylation is 1. The number of nitrogens with one attached hydrogen (secondary N) is 2. The lowest BCUT2D eigenvalue weighted by atomic mass is 10.1. The molecule has 0 bridgehead atoms. The SMILES string of the molecule is Cc1ccc(-n2nc(C(=O)Nc3nc(N4CCCCC4)n[nH]3)c3c2CCC3)cc1. The molecule has 0 radical (unpaired) electrons. The molecule has 0 atom stereocenters. The fraction of sp³-hybridized carbons (Fsp3) is 0.429. The fourth-order valence-corrected chi connectivity index (χ4v) is 4.23. The number of amides is 1. The van der Waals surface area contributed by atoms with Crippen LogP contribution in [0.4, 0.5) is 11.9 Å². The minimum absolute atomic E-state index is 0.240. The van der Waals surface area contributed by atoms with Crippen LogP contribution in [0, 0.1) is 6.92 Å². The Bertz CT molecular complexity index is 1030. The number of aromatic nitrogens is 5. The molecule has 3 heterocycles. The Balaban J connectivity index is 1.38. The molecule has 3 aromatic rings. The Morgan fingerprint density at radius 2 is 1.86 bits per heavy atom. The molecule has 1 aliphatic heterocycles. The molecule has 1 fully saturated rings. The smallest absolute Gasteiger partial charge is 0.278 e. The van der Waals surface area contributed by atoms with Crippen molar-refractivity contribution in [3.8, 4) is 5.69 Å². The van der Waals surface area contributed by atoms with Crippen molar-refractivity contribution in [2.75, 3.05) is 23.3 Å². The van der Waals surface area contributed by atoms with Gasteiger partial charge in [0.25, 0.3) is 5.91 Å². The number of hydrogen-bond donors (Lipinski definition) is 2. The summed E-state index contributed by atoms with van der Waals surface area (Å²) in [5.41, 5.74) is 4.84. The van der Waals surface area contributed by atoms with Gasteiger partial charge in [0, 0.05) is 24.3 Å². The molecule has 0 saturated carbocycles. The lowest BCUT2D eigenvalue weighted by Crippen LogP contribution is -2.30. The number of carbonyl (C=O) groups excluding carboxylic acids is 1. The first kappa shape index (κ1) is 17.9. The Hall–Kier alpha value is -3.16. The third kappa shape index (κ3) is 3.39. The van der Waals surface area contributed by atoms with Gasteiger partial charge in [0.1, 0.15) is 0 Å². The van der Waals surface area contributed by atoms with Crippen LogP contribution in [0.25, 0.3) is 5.69 Å². The Labute approximate surface area is 169 Å². The van der Waals surface area contributed by atoms with Crippen molar-refractivity contribution in [1.29, 1.82) is 0 Å². The van der Waals surface area contributed by atoms with Gasteiger partial charge in [0.05, 0.1) is 5.69 Å². The van der Waals surface area contributed by atoms with Crippen molar-refractivity contribution < 1.29 is 4.79 Å². The van der Waals surface area contributed by atoms with Crippen molar-refractivity contribution >= 4 is 17.8 Å². The molecule has 5 rings (SSSR count). The van der Waals surface area contributed by atoms with Gasteiger partial charge in [-0.1, -0.05) is 17.7 Å². The van der Waals surface area contributed by atoms with Gasteiger partial charge < -0.3 is 4.90 Å². The van der Waals surface area contributed by atoms with Crippen LogP contribution >= 0.6 is 0 Å². The Morgan fingerprint density at radius 3 is 2.66 bits per heavy atom. The minimum Gasteiger partial charge on any atom is -0.340 e. The predicted molar refractivity (Wildman–Crippen MR) is 111 cm³/mol. The first-order chi connectivity index (χ1) is 14.2. The highest BCUT2D eigenvalue weighted by atomic mass is 16.2. The molecule has 0 unspecified atom stereocenters. The molecule has 8 nitrogen and oxygen atoms in total.